The van der Waals surface area contributed by atoms with Gasteiger partial charge in [-0.25, -0.2) is 0 Å². The zero-order chi connectivity index (χ0) is 12.8. The SMILES string of the molecule is COc1ccc(CNCCC2=CCCC2)cc1Cl. The van der Waals surface area contributed by atoms with E-state index in [4.69, 9.17) is 16.3 Å². The lowest BCUT2D eigenvalue weighted by atomic mass is 10.1. The van der Waals surface area contributed by atoms with Gasteiger partial charge in [0, 0.05) is 6.54 Å². The van der Waals surface area contributed by atoms with Gasteiger partial charge in [0.15, 0.2) is 0 Å². The van der Waals surface area contributed by atoms with Crippen LogP contribution >= 0.6 is 11.6 Å². The van der Waals surface area contributed by atoms with Crippen molar-refractivity contribution in [2.24, 2.45) is 0 Å². The Kier molecular flexibility index (Phi) is 5.09. The number of benzene rings is 1. The van der Waals surface area contributed by atoms with E-state index in [-0.39, 0.29) is 0 Å². The van der Waals surface area contributed by atoms with Crippen LogP contribution in [0.4, 0.5) is 0 Å². The molecular formula is C15H20ClNO. The first-order valence-corrected chi connectivity index (χ1v) is 6.88. The van der Waals surface area contributed by atoms with Crippen LogP contribution in [0.2, 0.25) is 5.02 Å². The molecule has 0 amide bonds. The maximum Gasteiger partial charge on any atom is 0.137 e. The Morgan fingerprint density at radius 2 is 2.28 bits per heavy atom. The number of rotatable bonds is 6. The van der Waals surface area contributed by atoms with Gasteiger partial charge in [-0.05, 0) is 49.9 Å². The number of nitrogens with one attached hydrogen (secondary N) is 1. The van der Waals surface area contributed by atoms with Crippen LogP contribution in [0.3, 0.4) is 0 Å². The minimum absolute atomic E-state index is 0.676. The highest BCUT2D eigenvalue weighted by Gasteiger charge is 2.04. The second-order valence-electron chi connectivity index (χ2n) is 4.65. The molecule has 0 radical (unpaired) electrons. The van der Waals surface area contributed by atoms with Crippen molar-refractivity contribution in [3.63, 3.8) is 0 Å². The van der Waals surface area contributed by atoms with Crippen molar-refractivity contribution in [3.05, 3.63) is 40.4 Å². The fourth-order valence-electron chi connectivity index (χ4n) is 2.27. The minimum atomic E-state index is 0.676. The summed E-state index contributed by atoms with van der Waals surface area (Å²) in [6.07, 6.45) is 7.44. The Balaban J connectivity index is 1.74. The lowest BCUT2D eigenvalue weighted by molar-refractivity contribution is 0.415. The predicted octanol–water partition coefficient (Wildman–Crippen LogP) is 3.94. The Morgan fingerprint density at radius 3 is 2.94 bits per heavy atom. The van der Waals surface area contributed by atoms with E-state index in [1.165, 1.54) is 31.2 Å². The average Bonchev–Trinajstić information content (AvgIpc) is 2.88. The van der Waals surface area contributed by atoms with E-state index in [1.54, 1.807) is 12.7 Å². The summed E-state index contributed by atoms with van der Waals surface area (Å²) in [5, 5.41) is 4.13. The molecular weight excluding hydrogens is 246 g/mol. The van der Waals surface area contributed by atoms with E-state index < -0.39 is 0 Å². The summed E-state index contributed by atoms with van der Waals surface area (Å²) in [6, 6.07) is 5.92. The number of methoxy groups -OCH3 is 1. The summed E-state index contributed by atoms with van der Waals surface area (Å²) >= 11 is 6.08. The van der Waals surface area contributed by atoms with E-state index in [0.717, 1.165) is 18.8 Å². The molecule has 0 bridgehead atoms. The highest BCUT2D eigenvalue weighted by Crippen LogP contribution is 2.25. The normalized spacial score (nSPS) is 14.7. The quantitative estimate of drug-likeness (QED) is 0.621. The van der Waals surface area contributed by atoms with Gasteiger partial charge in [-0.15, -0.1) is 0 Å². The first kappa shape index (κ1) is 13.4. The molecule has 2 rings (SSSR count). The van der Waals surface area contributed by atoms with Gasteiger partial charge >= 0.3 is 0 Å². The largest absolute Gasteiger partial charge is 0.495 e. The number of ether oxygens (including phenoxy) is 1. The van der Waals surface area contributed by atoms with Crippen molar-refractivity contribution in [2.75, 3.05) is 13.7 Å². The van der Waals surface area contributed by atoms with Crippen LogP contribution in [0, 0.1) is 0 Å². The van der Waals surface area contributed by atoms with Crippen LogP contribution in [0.1, 0.15) is 31.2 Å². The van der Waals surface area contributed by atoms with E-state index in [0.29, 0.717) is 5.02 Å². The van der Waals surface area contributed by atoms with Crippen LogP contribution in [-0.2, 0) is 6.54 Å². The molecule has 98 valence electrons. The summed E-state index contributed by atoms with van der Waals surface area (Å²) in [4.78, 5) is 0. The van der Waals surface area contributed by atoms with Crippen molar-refractivity contribution in [1.29, 1.82) is 0 Å². The molecule has 0 saturated carbocycles. The molecule has 0 aliphatic heterocycles. The van der Waals surface area contributed by atoms with Gasteiger partial charge in [0.05, 0.1) is 12.1 Å². The molecule has 0 fully saturated rings. The van der Waals surface area contributed by atoms with Gasteiger partial charge in [-0.1, -0.05) is 29.3 Å². The minimum Gasteiger partial charge on any atom is -0.495 e. The van der Waals surface area contributed by atoms with Gasteiger partial charge in [0.1, 0.15) is 5.75 Å². The van der Waals surface area contributed by atoms with Gasteiger partial charge in [0.25, 0.3) is 0 Å². The molecule has 0 unspecified atom stereocenters. The second-order valence-corrected chi connectivity index (χ2v) is 5.06. The van der Waals surface area contributed by atoms with Crippen LogP contribution in [-0.4, -0.2) is 13.7 Å². The molecule has 1 aromatic rings. The molecule has 2 nitrogen and oxygen atoms in total. The van der Waals surface area contributed by atoms with Crippen molar-refractivity contribution >= 4 is 11.6 Å². The lowest BCUT2D eigenvalue weighted by Gasteiger charge is -2.08. The van der Waals surface area contributed by atoms with Gasteiger partial charge in [-0.2, -0.15) is 0 Å². The fraction of sp³-hybridized carbons (Fsp3) is 0.467. The maximum atomic E-state index is 6.08. The fourth-order valence-corrected chi connectivity index (χ4v) is 2.55. The Bertz CT molecular complexity index is 429. The smallest absolute Gasteiger partial charge is 0.137 e. The van der Waals surface area contributed by atoms with Crippen LogP contribution in [0.5, 0.6) is 5.75 Å². The molecule has 3 heteroatoms. The van der Waals surface area contributed by atoms with Crippen LogP contribution < -0.4 is 10.1 Å². The number of halogens is 1. The second kappa shape index (κ2) is 6.81. The molecule has 0 spiro atoms. The Morgan fingerprint density at radius 1 is 1.39 bits per heavy atom. The number of hydrogen-bond acceptors (Lipinski definition) is 2. The highest BCUT2D eigenvalue weighted by molar-refractivity contribution is 6.32. The summed E-state index contributed by atoms with van der Waals surface area (Å²) in [7, 11) is 1.63. The van der Waals surface area contributed by atoms with E-state index in [2.05, 4.69) is 11.4 Å². The molecule has 18 heavy (non-hydrogen) atoms. The summed E-state index contributed by atoms with van der Waals surface area (Å²) in [6.45, 7) is 1.90. The molecule has 1 N–H and O–H groups in total. The molecule has 1 aromatic carbocycles. The van der Waals surface area contributed by atoms with E-state index in [1.807, 2.05) is 18.2 Å². The highest BCUT2D eigenvalue weighted by atomic mass is 35.5. The maximum absolute atomic E-state index is 6.08. The van der Waals surface area contributed by atoms with Crippen molar-refractivity contribution < 1.29 is 4.74 Å². The first-order chi connectivity index (χ1) is 8.79. The predicted molar refractivity (Wildman–Crippen MR) is 76.3 cm³/mol. The van der Waals surface area contributed by atoms with Gasteiger partial charge in [-0.3, -0.25) is 0 Å². The van der Waals surface area contributed by atoms with Crippen LogP contribution in [0.15, 0.2) is 29.8 Å². The van der Waals surface area contributed by atoms with E-state index >= 15 is 0 Å². The van der Waals surface area contributed by atoms with Gasteiger partial charge < -0.3 is 10.1 Å². The monoisotopic (exact) mass is 265 g/mol. The Labute approximate surface area is 114 Å². The topological polar surface area (TPSA) is 21.3 Å². The lowest BCUT2D eigenvalue weighted by Crippen LogP contribution is -2.15. The van der Waals surface area contributed by atoms with Gasteiger partial charge in [0.2, 0.25) is 0 Å². The molecule has 0 atom stereocenters. The third-order valence-corrected chi connectivity index (χ3v) is 3.60. The number of hydrogen-bond donors (Lipinski definition) is 1. The molecule has 0 heterocycles. The summed E-state index contributed by atoms with van der Waals surface area (Å²) < 4.78 is 5.13. The summed E-state index contributed by atoms with van der Waals surface area (Å²) in [5.74, 6) is 0.733. The number of allylic oxidation sites excluding steroid dienone is 1. The third-order valence-electron chi connectivity index (χ3n) is 3.30. The summed E-state index contributed by atoms with van der Waals surface area (Å²) in [5.41, 5.74) is 2.80. The molecule has 1 aliphatic carbocycles. The zero-order valence-electron chi connectivity index (χ0n) is 10.8. The molecule has 0 aromatic heterocycles. The Hall–Kier alpha value is -0.990. The molecule has 0 saturated heterocycles. The van der Waals surface area contributed by atoms with E-state index in [9.17, 15) is 0 Å². The van der Waals surface area contributed by atoms with Crippen molar-refractivity contribution in [2.45, 2.75) is 32.2 Å². The third kappa shape index (κ3) is 3.76. The average molecular weight is 266 g/mol. The van der Waals surface area contributed by atoms with Crippen LogP contribution in [0.25, 0.3) is 0 Å². The standard InChI is InChI=1S/C15H20ClNO/c1-18-15-7-6-13(10-14(15)16)11-17-9-8-12-4-2-3-5-12/h4,6-7,10,17H,2-3,5,8-9,11H2,1H3. The molecule has 1 aliphatic rings. The zero-order valence-corrected chi connectivity index (χ0v) is 11.6. The first-order valence-electron chi connectivity index (χ1n) is 6.50. The van der Waals surface area contributed by atoms with Crippen molar-refractivity contribution in [1.82, 2.24) is 5.32 Å². The van der Waals surface area contributed by atoms with Crippen molar-refractivity contribution in [3.8, 4) is 5.75 Å².